The van der Waals surface area contributed by atoms with E-state index in [2.05, 4.69) is 100 Å². The Hall–Kier alpha value is -6.61. The molecule has 28 heteroatoms. The SMILES string of the molecule is C.C.C.CCN1CCCC1CN.CCN1CCCC1CNc1nc(NCC2CCCCC2)nc(Nc2ccc(OC)c(F)c2)n1.COc1ccc(Nc2nc(Cl)nc(Cl)n2)cc1F.COc1ccc(Nc2nc(Cl)nc(NCC3CCCCC3)n2)cc1F.NCC1CCCCC1. The Balaban J connectivity index is 0.000000275. The van der Waals surface area contributed by atoms with Gasteiger partial charge in [0.05, 0.1) is 21.3 Å². The molecule has 11 rings (SSSR count). The van der Waals surface area contributed by atoms with Gasteiger partial charge < -0.3 is 57.6 Å². The van der Waals surface area contributed by atoms with Crippen LogP contribution in [0, 0.1) is 35.2 Å². The number of ether oxygens (including phenoxy) is 3. The summed E-state index contributed by atoms with van der Waals surface area (Å²) in [5.74, 6) is 3.50. The lowest BCUT2D eigenvalue weighted by molar-refractivity contribution is 0.272. The van der Waals surface area contributed by atoms with Crippen LogP contribution in [-0.4, -0.2) is 147 Å². The van der Waals surface area contributed by atoms with Crippen molar-refractivity contribution in [3.63, 3.8) is 0 Å². The van der Waals surface area contributed by atoms with Gasteiger partial charge in [-0.05, 0) is 186 Å². The Morgan fingerprint density at radius 2 is 0.729 bits per heavy atom. The van der Waals surface area contributed by atoms with E-state index in [0.29, 0.717) is 64.8 Å². The number of likely N-dealkylation sites (tertiary alicyclic amines) is 2. The number of hydrogen-bond donors (Lipinski definition) is 8. The van der Waals surface area contributed by atoms with Crippen LogP contribution in [0.4, 0.5) is 65.9 Å². The molecule has 3 saturated carbocycles. The highest BCUT2D eigenvalue weighted by molar-refractivity contribution is 6.31. The predicted molar refractivity (Wildman–Crippen MR) is 387 cm³/mol. The van der Waals surface area contributed by atoms with E-state index in [4.69, 9.17) is 60.5 Å². The van der Waals surface area contributed by atoms with Crippen LogP contribution in [0.5, 0.6) is 17.2 Å². The number of anilines is 9. The van der Waals surface area contributed by atoms with Crippen LogP contribution in [0.25, 0.3) is 0 Å². The van der Waals surface area contributed by atoms with Gasteiger partial charge in [-0.15, -0.1) is 0 Å². The van der Waals surface area contributed by atoms with E-state index in [1.807, 2.05) is 0 Å². The Labute approximate surface area is 583 Å². The number of likely N-dealkylation sites (N-methyl/N-ethyl adjacent to an activating group) is 2. The van der Waals surface area contributed by atoms with Crippen LogP contribution >= 0.6 is 34.8 Å². The molecule has 3 aromatic carbocycles. The van der Waals surface area contributed by atoms with Gasteiger partial charge in [-0.25, -0.2) is 13.2 Å². The maximum absolute atomic E-state index is 14.2. The molecule has 2 aliphatic heterocycles. The summed E-state index contributed by atoms with van der Waals surface area (Å²) >= 11 is 17.2. The molecule has 2 saturated heterocycles. The Kier molecular flexibility index (Phi) is 37.8. The van der Waals surface area contributed by atoms with Gasteiger partial charge >= 0.3 is 0 Å². The normalized spacial score (nSPS) is 17.2. The number of rotatable bonds is 22. The van der Waals surface area contributed by atoms with Crippen LogP contribution in [0.15, 0.2) is 54.6 Å². The minimum Gasteiger partial charge on any atom is -0.494 e. The molecule has 5 fully saturated rings. The summed E-state index contributed by atoms with van der Waals surface area (Å²) in [5, 5.41) is 18.8. The molecule has 0 bridgehead atoms. The fraction of sp³-hybridized carbons (Fsp3) is 0.603. The lowest BCUT2D eigenvalue weighted by atomic mass is 9.89. The smallest absolute Gasteiger partial charge is 0.233 e. The monoisotopic (exact) mass is 1400 g/mol. The van der Waals surface area contributed by atoms with E-state index < -0.39 is 17.5 Å². The maximum atomic E-state index is 14.2. The largest absolute Gasteiger partial charge is 0.494 e. The lowest BCUT2D eigenvalue weighted by Crippen LogP contribution is -2.35. The average Bonchev–Trinajstić information content (AvgIpc) is 1.25. The first kappa shape index (κ1) is 81.8. The summed E-state index contributed by atoms with van der Waals surface area (Å²) in [4.78, 5) is 42.3. The molecule has 3 aromatic heterocycles. The Morgan fingerprint density at radius 1 is 0.406 bits per heavy atom. The molecule has 22 nitrogen and oxygen atoms in total. The third-order valence-electron chi connectivity index (χ3n) is 17.2. The Morgan fingerprint density at radius 3 is 1.08 bits per heavy atom. The van der Waals surface area contributed by atoms with Crippen LogP contribution in [0.3, 0.4) is 0 Å². The topological polar surface area (TPSA) is 274 Å². The number of nitrogens with zero attached hydrogens (tertiary/aromatic N) is 11. The van der Waals surface area contributed by atoms with E-state index in [1.165, 1.54) is 187 Å². The Bertz CT molecular complexity index is 3140. The molecule has 6 aromatic rings. The standard InChI is InChI=1S/C24H36FN7O.C17H21ClFN5O.C10H7Cl2FN4O.C7H16N2.C7H15N.3CH4/c1-3-32-13-7-10-19(32)16-27-23-29-22(26-15-17-8-5-4-6-9-17)30-24(31-23)28-18-11-12-21(33-2)20(25)14-18;1-25-14-8-7-12(9-13(14)19)21-17-23-15(18)22-16(24-17)20-10-11-5-3-2-4-6-11;1-18-7-3-2-5(4-6(7)13)14-10-16-8(11)15-9(12)17-10;1-2-9-5-3-4-7(9)6-8;8-6-7-4-2-1-3-5-7;;;/h11-12,14,17,19H,3-10,13,15-16H2,1-2H3,(H3,26,27,28,29,30,31);7-9,11H,2-6,10H2,1H3,(H2,20,21,22,23,24);2-4H,1H3,(H,14,15,16,17);7H,2-6,8H2,1H3;7H,1-6,8H2;3*1H4. The number of aromatic nitrogens is 9. The lowest BCUT2D eigenvalue weighted by Gasteiger charge is -2.23. The van der Waals surface area contributed by atoms with Gasteiger partial charge in [0.1, 0.15) is 0 Å². The van der Waals surface area contributed by atoms with Crippen molar-refractivity contribution in [2.75, 3.05) is 112 Å². The fourth-order valence-corrected chi connectivity index (χ4v) is 12.6. The summed E-state index contributed by atoms with van der Waals surface area (Å²) in [6, 6.07) is 14.7. The molecule has 534 valence electrons. The highest BCUT2D eigenvalue weighted by atomic mass is 35.5. The van der Waals surface area contributed by atoms with Crippen molar-refractivity contribution in [2.24, 2.45) is 29.2 Å². The van der Waals surface area contributed by atoms with Crippen molar-refractivity contribution in [3.8, 4) is 17.2 Å². The van der Waals surface area contributed by atoms with Crippen LogP contribution in [0.2, 0.25) is 15.9 Å². The molecular weight excluding hydrogens is 1290 g/mol. The van der Waals surface area contributed by atoms with Crippen LogP contribution < -0.4 is 57.6 Å². The second-order valence-corrected chi connectivity index (χ2v) is 24.7. The summed E-state index contributed by atoms with van der Waals surface area (Å²) in [6.45, 7) is 13.2. The molecule has 0 amide bonds. The van der Waals surface area contributed by atoms with Gasteiger partial charge in [-0.1, -0.05) is 93.9 Å². The number of halogens is 6. The van der Waals surface area contributed by atoms with E-state index in [1.54, 1.807) is 24.3 Å². The number of benzene rings is 3. The molecule has 5 heterocycles. The molecule has 96 heavy (non-hydrogen) atoms. The quantitative estimate of drug-likeness (QED) is 0.0314. The maximum Gasteiger partial charge on any atom is 0.233 e. The van der Waals surface area contributed by atoms with E-state index in [9.17, 15) is 13.2 Å². The highest BCUT2D eigenvalue weighted by Crippen LogP contribution is 2.30. The molecular formula is C68H107Cl3F3N19O3. The first-order chi connectivity index (χ1) is 45.2. The van der Waals surface area contributed by atoms with Crippen molar-refractivity contribution < 1.29 is 27.4 Å². The summed E-state index contributed by atoms with van der Waals surface area (Å²) < 4.78 is 56.1. The summed E-state index contributed by atoms with van der Waals surface area (Å²) in [7, 11) is 4.25. The van der Waals surface area contributed by atoms with Gasteiger partial charge in [-0.3, -0.25) is 9.80 Å². The number of hydrogen-bond acceptors (Lipinski definition) is 22. The van der Waals surface area contributed by atoms with Crippen molar-refractivity contribution in [1.29, 1.82) is 0 Å². The minimum absolute atomic E-state index is 0. The first-order valence-electron chi connectivity index (χ1n) is 32.8. The summed E-state index contributed by atoms with van der Waals surface area (Å²) in [5.41, 5.74) is 12.5. The number of nitrogens with one attached hydrogen (secondary N) is 6. The third kappa shape index (κ3) is 27.7. The molecule has 0 radical (unpaired) electrons. The van der Waals surface area contributed by atoms with Crippen molar-refractivity contribution >= 4 is 87.6 Å². The molecule has 5 aliphatic rings. The summed E-state index contributed by atoms with van der Waals surface area (Å²) in [6.07, 6.45) is 24.8. The van der Waals surface area contributed by atoms with Gasteiger partial charge in [0.25, 0.3) is 0 Å². The second kappa shape index (κ2) is 44.3. The number of methoxy groups -OCH3 is 3. The fourth-order valence-electron chi connectivity index (χ4n) is 12.1. The van der Waals surface area contributed by atoms with Crippen molar-refractivity contribution in [1.82, 2.24) is 54.7 Å². The molecule has 0 spiro atoms. The van der Waals surface area contributed by atoms with Crippen molar-refractivity contribution in [3.05, 3.63) is 87.9 Å². The molecule has 2 atom stereocenters. The second-order valence-electron chi connectivity index (χ2n) is 23.7. The third-order valence-corrected chi connectivity index (χ3v) is 17.7. The van der Waals surface area contributed by atoms with Gasteiger partial charge in [0.2, 0.25) is 51.5 Å². The van der Waals surface area contributed by atoms with E-state index in [0.717, 1.165) is 51.7 Å². The van der Waals surface area contributed by atoms with Crippen LogP contribution in [-0.2, 0) is 0 Å². The van der Waals surface area contributed by atoms with E-state index >= 15 is 0 Å². The number of nitrogens with two attached hydrogens (primary N) is 2. The first-order valence-corrected chi connectivity index (χ1v) is 34.0. The highest BCUT2D eigenvalue weighted by Gasteiger charge is 2.24. The zero-order valence-electron chi connectivity index (χ0n) is 54.4. The zero-order valence-corrected chi connectivity index (χ0v) is 56.7. The minimum atomic E-state index is -0.506. The molecule has 10 N–H and O–H groups in total. The van der Waals surface area contributed by atoms with Gasteiger partial charge in [-0.2, -0.15) is 44.9 Å². The molecule has 2 unspecified atom stereocenters. The van der Waals surface area contributed by atoms with Crippen LogP contribution in [0.1, 0.15) is 158 Å². The average molecular weight is 1400 g/mol. The van der Waals surface area contributed by atoms with Crippen molar-refractivity contribution in [2.45, 2.75) is 170 Å². The van der Waals surface area contributed by atoms with Gasteiger partial charge in [0.15, 0.2) is 34.7 Å². The zero-order chi connectivity index (χ0) is 66.3. The molecule has 3 aliphatic carbocycles. The van der Waals surface area contributed by atoms with E-state index in [-0.39, 0.29) is 67.3 Å². The predicted octanol–water partition coefficient (Wildman–Crippen LogP) is 16.0. The van der Waals surface area contributed by atoms with Gasteiger partial charge in [0, 0.05) is 73.5 Å².